The molecule has 0 aliphatic heterocycles. The summed E-state index contributed by atoms with van der Waals surface area (Å²) in [5.41, 5.74) is 1.24. The molecule has 0 radical (unpaired) electrons. The Morgan fingerprint density at radius 1 is 1.14 bits per heavy atom. The number of hydrogen-bond donors (Lipinski definition) is 0. The van der Waals surface area contributed by atoms with E-state index in [0.717, 1.165) is 5.56 Å². The second kappa shape index (κ2) is 6.96. The Labute approximate surface area is 127 Å². The van der Waals surface area contributed by atoms with E-state index < -0.39 is 5.82 Å². The zero-order valence-electron chi connectivity index (χ0n) is 11.4. The molecule has 0 unspecified atom stereocenters. The number of nitriles is 1. The van der Waals surface area contributed by atoms with E-state index in [4.69, 9.17) is 26.3 Å². The first kappa shape index (κ1) is 15.1. The Morgan fingerprint density at radius 3 is 2.62 bits per heavy atom. The molecular weight excluding hydrogens is 293 g/mol. The smallest absolute Gasteiger partial charge is 0.162 e. The first-order valence-electron chi connectivity index (χ1n) is 6.37. The molecule has 0 bridgehead atoms. The van der Waals surface area contributed by atoms with Crippen LogP contribution in [-0.4, -0.2) is 6.61 Å². The molecule has 0 spiro atoms. The first-order chi connectivity index (χ1) is 10.1. The van der Waals surface area contributed by atoms with Crippen LogP contribution in [0.2, 0.25) is 5.02 Å². The minimum Gasteiger partial charge on any atom is -0.490 e. The van der Waals surface area contributed by atoms with Gasteiger partial charge in [0.2, 0.25) is 0 Å². The maximum Gasteiger partial charge on any atom is 0.162 e. The molecule has 108 valence electrons. The van der Waals surface area contributed by atoms with Crippen LogP contribution in [0.1, 0.15) is 18.1 Å². The van der Waals surface area contributed by atoms with Gasteiger partial charge in [0.05, 0.1) is 23.3 Å². The average Bonchev–Trinajstić information content (AvgIpc) is 2.49. The molecule has 0 saturated carbocycles. The minimum absolute atomic E-state index is 0.0564. The number of rotatable bonds is 5. The van der Waals surface area contributed by atoms with Crippen molar-refractivity contribution < 1.29 is 13.9 Å². The Hall–Kier alpha value is -2.25. The molecule has 3 nitrogen and oxygen atoms in total. The second-order valence-electron chi connectivity index (χ2n) is 4.24. The van der Waals surface area contributed by atoms with Crippen LogP contribution in [0, 0.1) is 17.1 Å². The lowest BCUT2D eigenvalue weighted by Crippen LogP contribution is -2.00. The standard InChI is InChI=1S/C16H13ClFNO2/c1-2-20-16-8-11(9-19)4-6-15(16)21-10-12-3-5-14(18)13(17)7-12/h3-8H,2,10H2,1H3. The summed E-state index contributed by atoms with van der Waals surface area (Å²) in [6, 6.07) is 11.4. The van der Waals surface area contributed by atoms with Crippen LogP contribution < -0.4 is 9.47 Å². The van der Waals surface area contributed by atoms with Gasteiger partial charge >= 0.3 is 0 Å². The maximum absolute atomic E-state index is 13.1. The highest BCUT2D eigenvalue weighted by Crippen LogP contribution is 2.29. The van der Waals surface area contributed by atoms with Gasteiger partial charge in [-0.05, 0) is 36.8 Å². The van der Waals surface area contributed by atoms with Gasteiger partial charge in [0.25, 0.3) is 0 Å². The lowest BCUT2D eigenvalue weighted by atomic mass is 10.2. The van der Waals surface area contributed by atoms with E-state index in [2.05, 4.69) is 0 Å². The van der Waals surface area contributed by atoms with E-state index in [0.29, 0.717) is 23.7 Å². The van der Waals surface area contributed by atoms with Gasteiger partial charge in [-0.1, -0.05) is 17.7 Å². The lowest BCUT2D eigenvalue weighted by Gasteiger charge is -2.12. The summed E-state index contributed by atoms with van der Waals surface area (Å²) in [4.78, 5) is 0. The average molecular weight is 306 g/mol. The predicted octanol–water partition coefficient (Wildman–Crippen LogP) is 4.33. The predicted molar refractivity (Wildman–Crippen MR) is 78.1 cm³/mol. The van der Waals surface area contributed by atoms with Gasteiger partial charge in [-0.2, -0.15) is 5.26 Å². The van der Waals surface area contributed by atoms with Crippen LogP contribution in [0.4, 0.5) is 4.39 Å². The number of benzene rings is 2. The van der Waals surface area contributed by atoms with Crippen molar-refractivity contribution in [3.63, 3.8) is 0 Å². The third-order valence-corrected chi connectivity index (χ3v) is 3.04. The fourth-order valence-electron chi connectivity index (χ4n) is 1.76. The first-order valence-corrected chi connectivity index (χ1v) is 6.75. The van der Waals surface area contributed by atoms with Crippen molar-refractivity contribution in [1.29, 1.82) is 5.26 Å². The topological polar surface area (TPSA) is 42.2 Å². The molecule has 2 aromatic carbocycles. The van der Waals surface area contributed by atoms with Crippen molar-refractivity contribution in [3.8, 4) is 17.6 Å². The Bertz CT molecular complexity index is 682. The van der Waals surface area contributed by atoms with Gasteiger partial charge in [-0.3, -0.25) is 0 Å². The van der Waals surface area contributed by atoms with E-state index in [9.17, 15) is 4.39 Å². The second-order valence-corrected chi connectivity index (χ2v) is 4.65. The van der Waals surface area contributed by atoms with Crippen molar-refractivity contribution in [2.75, 3.05) is 6.61 Å². The summed E-state index contributed by atoms with van der Waals surface area (Å²) >= 11 is 5.72. The van der Waals surface area contributed by atoms with Gasteiger partial charge in [-0.25, -0.2) is 4.39 Å². The number of hydrogen-bond acceptors (Lipinski definition) is 3. The summed E-state index contributed by atoms with van der Waals surface area (Å²) in [6.07, 6.45) is 0. The zero-order chi connectivity index (χ0) is 15.2. The molecule has 0 amide bonds. The van der Waals surface area contributed by atoms with E-state index >= 15 is 0 Å². The van der Waals surface area contributed by atoms with Gasteiger partial charge < -0.3 is 9.47 Å². The van der Waals surface area contributed by atoms with Gasteiger partial charge in [0.15, 0.2) is 11.5 Å². The third kappa shape index (κ3) is 3.87. The fourth-order valence-corrected chi connectivity index (χ4v) is 1.96. The van der Waals surface area contributed by atoms with Crippen LogP contribution >= 0.6 is 11.6 Å². The third-order valence-electron chi connectivity index (χ3n) is 2.75. The van der Waals surface area contributed by atoms with Crippen LogP contribution in [0.3, 0.4) is 0 Å². The van der Waals surface area contributed by atoms with Gasteiger partial charge in [0, 0.05) is 6.07 Å². The van der Waals surface area contributed by atoms with E-state index in [-0.39, 0.29) is 11.6 Å². The summed E-state index contributed by atoms with van der Waals surface area (Å²) in [5.74, 6) is 0.565. The van der Waals surface area contributed by atoms with Crippen molar-refractivity contribution >= 4 is 11.6 Å². The maximum atomic E-state index is 13.1. The van der Waals surface area contributed by atoms with Crippen LogP contribution in [0.5, 0.6) is 11.5 Å². The Morgan fingerprint density at radius 2 is 1.95 bits per heavy atom. The molecule has 2 aromatic rings. The summed E-state index contributed by atoms with van der Waals surface area (Å²) in [6.45, 7) is 2.54. The highest BCUT2D eigenvalue weighted by molar-refractivity contribution is 6.30. The van der Waals surface area contributed by atoms with Crippen LogP contribution in [0.25, 0.3) is 0 Å². The van der Waals surface area contributed by atoms with Gasteiger partial charge in [-0.15, -0.1) is 0 Å². The molecule has 0 heterocycles. The van der Waals surface area contributed by atoms with E-state index in [1.165, 1.54) is 12.1 Å². The van der Waals surface area contributed by atoms with E-state index in [1.807, 2.05) is 13.0 Å². The van der Waals surface area contributed by atoms with Crippen LogP contribution in [-0.2, 0) is 6.61 Å². The molecule has 5 heteroatoms. The molecule has 0 aliphatic rings. The highest BCUT2D eigenvalue weighted by atomic mass is 35.5. The summed E-state index contributed by atoms with van der Waals surface area (Å²) in [7, 11) is 0. The molecule has 0 aromatic heterocycles. The highest BCUT2D eigenvalue weighted by Gasteiger charge is 2.08. The van der Waals surface area contributed by atoms with Crippen molar-refractivity contribution in [2.24, 2.45) is 0 Å². The van der Waals surface area contributed by atoms with Crippen molar-refractivity contribution in [2.45, 2.75) is 13.5 Å². The molecule has 0 aliphatic carbocycles. The summed E-state index contributed by atoms with van der Waals surface area (Å²) in [5, 5.41) is 8.95. The molecule has 0 atom stereocenters. The van der Waals surface area contributed by atoms with Gasteiger partial charge in [0.1, 0.15) is 12.4 Å². The largest absolute Gasteiger partial charge is 0.490 e. The monoisotopic (exact) mass is 305 g/mol. The fraction of sp³-hybridized carbons (Fsp3) is 0.188. The normalized spacial score (nSPS) is 10.0. The van der Waals surface area contributed by atoms with Crippen LogP contribution in [0.15, 0.2) is 36.4 Å². The molecule has 0 saturated heterocycles. The minimum atomic E-state index is -0.464. The SMILES string of the molecule is CCOc1cc(C#N)ccc1OCc1ccc(F)c(Cl)c1. The lowest BCUT2D eigenvalue weighted by molar-refractivity contribution is 0.269. The zero-order valence-corrected chi connectivity index (χ0v) is 12.2. The molecule has 21 heavy (non-hydrogen) atoms. The Kier molecular flexibility index (Phi) is 5.02. The van der Waals surface area contributed by atoms with E-state index in [1.54, 1.807) is 24.3 Å². The molecular formula is C16H13ClFNO2. The van der Waals surface area contributed by atoms with Crippen molar-refractivity contribution in [1.82, 2.24) is 0 Å². The number of ether oxygens (including phenoxy) is 2. The molecule has 2 rings (SSSR count). The quantitative estimate of drug-likeness (QED) is 0.825. The number of nitrogens with zero attached hydrogens (tertiary/aromatic N) is 1. The molecule has 0 fully saturated rings. The summed E-state index contributed by atoms with van der Waals surface area (Å²) < 4.78 is 24.2. The molecule has 0 N–H and O–H groups in total. The van der Waals surface area contributed by atoms with Crippen molar-refractivity contribution in [3.05, 3.63) is 58.4 Å². The number of halogens is 2. The Balaban J connectivity index is 2.15.